The lowest BCUT2D eigenvalue weighted by Gasteiger charge is -2.32. The lowest BCUT2D eigenvalue weighted by Crippen LogP contribution is -2.36. The van der Waals surface area contributed by atoms with Gasteiger partial charge in [0, 0.05) is 25.2 Å². The SMILES string of the molecule is NC(=O)c1cnn2c([C@H]3CCCN(CCO)C3)ccnc12. The molecule has 0 unspecified atom stereocenters. The van der Waals surface area contributed by atoms with Gasteiger partial charge in [0.05, 0.1) is 18.5 Å². The minimum absolute atomic E-state index is 0.173. The Morgan fingerprint density at radius 3 is 3.14 bits per heavy atom. The molecule has 2 aromatic rings. The molecule has 3 rings (SSSR count). The number of nitrogens with zero attached hydrogens (tertiary/aromatic N) is 4. The van der Waals surface area contributed by atoms with Crippen LogP contribution in [0, 0.1) is 0 Å². The first-order valence-electron chi connectivity index (χ1n) is 7.16. The first-order valence-corrected chi connectivity index (χ1v) is 7.16. The van der Waals surface area contributed by atoms with E-state index in [0.717, 1.165) is 31.6 Å². The Bertz CT molecular complexity index is 652. The van der Waals surface area contributed by atoms with E-state index in [1.165, 1.54) is 6.20 Å². The van der Waals surface area contributed by atoms with Crippen LogP contribution in [-0.4, -0.2) is 56.8 Å². The summed E-state index contributed by atoms with van der Waals surface area (Å²) in [5.74, 6) is -0.198. The van der Waals surface area contributed by atoms with Crippen LogP contribution in [0.1, 0.15) is 34.8 Å². The number of rotatable bonds is 4. The molecular formula is C14H19N5O2. The zero-order chi connectivity index (χ0) is 14.8. The monoisotopic (exact) mass is 289 g/mol. The highest BCUT2D eigenvalue weighted by molar-refractivity contribution is 5.98. The van der Waals surface area contributed by atoms with Gasteiger partial charge in [0.2, 0.25) is 0 Å². The van der Waals surface area contributed by atoms with Crippen LogP contribution in [0.4, 0.5) is 0 Å². The van der Waals surface area contributed by atoms with Crippen LogP contribution in [0.2, 0.25) is 0 Å². The number of hydrogen-bond acceptors (Lipinski definition) is 5. The van der Waals surface area contributed by atoms with Crippen molar-refractivity contribution in [3.63, 3.8) is 0 Å². The van der Waals surface area contributed by atoms with Crippen molar-refractivity contribution in [1.82, 2.24) is 19.5 Å². The molecule has 7 heteroatoms. The van der Waals surface area contributed by atoms with Gasteiger partial charge in [-0.3, -0.25) is 4.79 Å². The largest absolute Gasteiger partial charge is 0.395 e. The summed E-state index contributed by atoms with van der Waals surface area (Å²) in [5, 5.41) is 13.4. The molecule has 0 aliphatic carbocycles. The van der Waals surface area contributed by atoms with E-state index in [2.05, 4.69) is 15.0 Å². The second kappa shape index (κ2) is 5.79. The molecule has 112 valence electrons. The Morgan fingerprint density at radius 1 is 1.52 bits per heavy atom. The first-order chi connectivity index (χ1) is 10.2. The van der Waals surface area contributed by atoms with Crippen LogP contribution in [0.3, 0.4) is 0 Å². The fourth-order valence-corrected chi connectivity index (χ4v) is 3.03. The van der Waals surface area contributed by atoms with Crippen LogP contribution in [0.25, 0.3) is 5.65 Å². The van der Waals surface area contributed by atoms with Crippen molar-refractivity contribution in [3.05, 3.63) is 29.7 Å². The van der Waals surface area contributed by atoms with Gasteiger partial charge in [-0.25, -0.2) is 9.50 Å². The van der Waals surface area contributed by atoms with Gasteiger partial charge < -0.3 is 15.7 Å². The van der Waals surface area contributed by atoms with E-state index in [1.54, 1.807) is 10.7 Å². The maximum atomic E-state index is 11.4. The number of aromatic nitrogens is 3. The summed E-state index contributed by atoms with van der Waals surface area (Å²) in [6.45, 7) is 2.75. The number of fused-ring (bicyclic) bond motifs is 1. The fraction of sp³-hybridized carbons (Fsp3) is 0.500. The summed E-state index contributed by atoms with van der Waals surface area (Å²) in [7, 11) is 0. The Kier molecular flexibility index (Phi) is 3.85. The molecule has 7 nitrogen and oxygen atoms in total. The van der Waals surface area contributed by atoms with Crippen LogP contribution in [0.15, 0.2) is 18.5 Å². The lowest BCUT2D eigenvalue weighted by molar-refractivity contribution is 0.100. The van der Waals surface area contributed by atoms with Crippen LogP contribution in [0.5, 0.6) is 0 Å². The summed E-state index contributed by atoms with van der Waals surface area (Å²) >= 11 is 0. The topological polar surface area (TPSA) is 96.8 Å². The average molecular weight is 289 g/mol. The first kappa shape index (κ1) is 14.0. The number of amides is 1. The third kappa shape index (κ3) is 2.62. The van der Waals surface area contributed by atoms with E-state index in [0.29, 0.717) is 23.7 Å². The number of aliphatic hydroxyl groups is 1. The average Bonchev–Trinajstić information content (AvgIpc) is 2.92. The molecule has 1 saturated heterocycles. The maximum Gasteiger partial charge on any atom is 0.254 e. The van der Waals surface area contributed by atoms with Gasteiger partial charge in [-0.15, -0.1) is 0 Å². The minimum Gasteiger partial charge on any atom is -0.395 e. The van der Waals surface area contributed by atoms with Crippen LogP contribution >= 0.6 is 0 Å². The second-order valence-electron chi connectivity index (χ2n) is 5.39. The predicted molar refractivity (Wildman–Crippen MR) is 77.0 cm³/mol. The molecule has 0 bridgehead atoms. The third-order valence-corrected chi connectivity index (χ3v) is 4.04. The predicted octanol–water partition coefficient (Wildman–Crippen LogP) is -0.0001000. The van der Waals surface area contributed by atoms with Gasteiger partial charge in [0.1, 0.15) is 5.56 Å². The minimum atomic E-state index is -0.514. The number of primary amides is 1. The molecule has 1 amide bonds. The molecule has 1 aliphatic rings. The Labute approximate surface area is 122 Å². The normalized spacial score (nSPS) is 20.0. The smallest absolute Gasteiger partial charge is 0.254 e. The number of carbonyl (C=O) groups excluding carboxylic acids is 1. The molecule has 1 aliphatic heterocycles. The quantitative estimate of drug-likeness (QED) is 0.826. The maximum absolute atomic E-state index is 11.4. The molecule has 21 heavy (non-hydrogen) atoms. The van der Waals surface area contributed by atoms with E-state index >= 15 is 0 Å². The van der Waals surface area contributed by atoms with Gasteiger partial charge in [-0.2, -0.15) is 5.10 Å². The number of likely N-dealkylation sites (tertiary alicyclic amines) is 1. The number of aliphatic hydroxyl groups excluding tert-OH is 1. The van der Waals surface area contributed by atoms with Crippen LogP contribution < -0.4 is 5.73 Å². The molecule has 1 atom stereocenters. The molecule has 3 N–H and O–H groups in total. The molecule has 2 aromatic heterocycles. The highest BCUT2D eigenvalue weighted by atomic mass is 16.3. The van der Waals surface area contributed by atoms with Crippen molar-refractivity contribution < 1.29 is 9.90 Å². The van der Waals surface area contributed by atoms with Gasteiger partial charge in [0.15, 0.2) is 5.65 Å². The molecule has 3 heterocycles. The summed E-state index contributed by atoms with van der Waals surface area (Å²) in [4.78, 5) is 17.9. The Hall–Kier alpha value is -1.99. The number of hydrogen-bond donors (Lipinski definition) is 2. The fourth-order valence-electron chi connectivity index (χ4n) is 3.03. The standard InChI is InChI=1S/C14H19N5O2/c15-13(21)11-8-17-19-12(3-4-16-14(11)19)10-2-1-5-18(9-10)6-7-20/h3-4,8,10,20H,1-2,5-7,9H2,(H2,15,21)/t10-/m0/s1. The van der Waals surface area contributed by atoms with Crippen molar-refractivity contribution >= 4 is 11.6 Å². The summed E-state index contributed by atoms with van der Waals surface area (Å²) in [5.41, 5.74) is 7.24. The van der Waals surface area contributed by atoms with E-state index in [1.807, 2.05) is 6.07 Å². The van der Waals surface area contributed by atoms with Crippen molar-refractivity contribution in [1.29, 1.82) is 0 Å². The van der Waals surface area contributed by atoms with E-state index in [4.69, 9.17) is 10.8 Å². The number of piperidine rings is 1. The molecule has 1 fully saturated rings. The number of β-amino-alcohol motifs (C(OH)–C–C–N with tert-alkyl or cyclic N) is 1. The zero-order valence-electron chi connectivity index (χ0n) is 11.8. The molecule has 0 spiro atoms. The summed E-state index contributed by atoms with van der Waals surface area (Å²) in [6.07, 6.45) is 5.32. The molecule has 0 aromatic carbocycles. The highest BCUT2D eigenvalue weighted by Gasteiger charge is 2.24. The Balaban J connectivity index is 1.95. The van der Waals surface area contributed by atoms with Crippen LogP contribution in [-0.2, 0) is 0 Å². The second-order valence-corrected chi connectivity index (χ2v) is 5.39. The molecular weight excluding hydrogens is 270 g/mol. The number of nitrogens with two attached hydrogens (primary N) is 1. The van der Waals surface area contributed by atoms with Gasteiger partial charge in [0.25, 0.3) is 5.91 Å². The van der Waals surface area contributed by atoms with Gasteiger partial charge in [-0.05, 0) is 25.5 Å². The van der Waals surface area contributed by atoms with Gasteiger partial charge >= 0.3 is 0 Å². The molecule has 0 saturated carbocycles. The number of carbonyl (C=O) groups is 1. The molecule has 0 radical (unpaired) electrons. The van der Waals surface area contributed by atoms with Crippen molar-refractivity contribution in [3.8, 4) is 0 Å². The van der Waals surface area contributed by atoms with Crippen molar-refractivity contribution in [2.24, 2.45) is 5.73 Å². The zero-order valence-corrected chi connectivity index (χ0v) is 11.8. The van der Waals surface area contributed by atoms with Crippen molar-refractivity contribution in [2.75, 3.05) is 26.2 Å². The van der Waals surface area contributed by atoms with E-state index < -0.39 is 5.91 Å². The van der Waals surface area contributed by atoms with E-state index in [9.17, 15) is 4.79 Å². The van der Waals surface area contributed by atoms with Crippen molar-refractivity contribution in [2.45, 2.75) is 18.8 Å². The van der Waals surface area contributed by atoms with E-state index in [-0.39, 0.29) is 6.61 Å². The third-order valence-electron chi connectivity index (χ3n) is 4.04. The summed E-state index contributed by atoms with van der Waals surface area (Å²) < 4.78 is 1.72. The Morgan fingerprint density at radius 2 is 2.38 bits per heavy atom. The summed E-state index contributed by atoms with van der Waals surface area (Å²) in [6, 6.07) is 1.94. The highest BCUT2D eigenvalue weighted by Crippen LogP contribution is 2.27. The lowest BCUT2D eigenvalue weighted by atomic mass is 9.94. The van der Waals surface area contributed by atoms with Gasteiger partial charge in [-0.1, -0.05) is 0 Å².